The largest absolute Gasteiger partial charge is 0.349 e. The van der Waals surface area contributed by atoms with Crippen LogP contribution in [-0.4, -0.2) is 25.5 Å². The molecule has 0 saturated carbocycles. The van der Waals surface area contributed by atoms with Gasteiger partial charge in [-0.25, -0.2) is 0 Å². The first kappa shape index (κ1) is 15.6. The average molecular weight is 310 g/mol. The molecule has 0 radical (unpaired) electrons. The van der Waals surface area contributed by atoms with Gasteiger partial charge < -0.3 is 5.32 Å². The number of carbonyl (C=O) groups excluding carboxylic acids is 1. The van der Waals surface area contributed by atoms with Crippen LogP contribution in [0.15, 0.2) is 12.3 Å². The third kappa shape index (κ3) is 3.26. The molecular weight excluding hydrogens is 290 g/mol. The molecule has 1 N–H and O–H groups in total. The Bertz CT molecular complexity index is 646. The van der Waals surface area contributed by atoms with Crippen LogP contribution < -0.4 is 5.32 Å². The number of amides is 1. The Morgan fingerprint density at radius 1 is 1.43 bits per heavy atom. The standard InChI is InChI=1S/C14H20ClN5O/c1-5-19-7-6-12(18-19)8-16-14(21)11(4)20-10(3)13(15)9(2)17-20/h6-7,11H,5,8H2,1-4H3,(H,16,21). The van der Waals surface area contributed by atoms with Crippen molar-refractivity contribution >= 4 is 17.5 Å². The quantitative estimate of drug-likeness (QED) is 0.921. The summed E-state index contributed by atoms with van der Waals surface area (Å²) in [6, 6.07) is 1.48. The number of nitrogens with one attached hydrogen (secondary N) is 1. The van der Waals surface area contributed by atoms with Crippen LogP contribution in [0.5, 0.6) is 0 Å². The summed E-state index contributed by atoms with van der Waals surface area (Å²) in [6.45, 7) is 8.72. The van der Waals surface area contributed by atoms with E-state index in [0.717, 1.165) is 23.6 Å². The van der Waals surface area contributed by atoms with Gasteiger partial charge in [-0.15, -0.1) is 0 Å². The molecule has 0 saturated heterocycles. The van der Waals surface area contributed by atoms with E-state index in [4.69, 9.17) is 11.6 Å². The number of aromatic nitrogens is 4. The molecule has 2 rings (SSSR count). The predicted octanol–water partition coefficient (Wildman–Crippen LogP) is 2.25. The summed E-state index contributed by atoms with van der Waals surface area (Å²) < 4.78 is 3.48. The smallest absolute Gasteiger partial charge is 0.244 e. The fraction of sp³-hybridized carbons (Fsp3) is 0.500. The Kier molecular flexibility index (Phi) is 4.67. The van der Waals surface area contributed by atoms with E-state index >= 15 is 0 Å². The summed E-state index contributed by atoms with van der Waals surface area (Å²) >= 11 is 6.11. The first-order valence-corrected chi connectivity index (χ1v) is 7.33. The van der Waals surface area contributed by atoms with Gasteiger partial charge in [0.2, 0.25) is 5.91 Å². The van der Waals surface area contributed by atoms with Gasteiger partial charge in [0.1, 0.15) is 6.04 Å². The third-order valence-corrected chi connectivity index (χ3v) is 3.99. The third-order valence-electron chi connectivity index (χ3n) is 3.45. The minimum Gasteiger partial charge on any atom is -0.349 e. The highest BCUT2D eigenvalue weighted by atomic mass is 35.5. The van der Waals surface area contributed by atoms with E-state index in [2.05, 4.69) is 15.5 Å². The van der Waals surface area contributed by atoms with Crippen LogP contribution in [0.2, 0.25) is 5.02 Å². The van der Waals surface area contributed by atoms with Crippen molar-refractivity contribution in [3.63, 3.8) is 0 Å². The van der Waals surface area contributed by atoms with E-state index in [-0.39, 0.29) is 5.91 Å². The summed E-state index contributed by atoms with van der Waals surface area (Å²) in [7, 11) is 0. The van der Waals surface area contributed by atoms with Crippen molar-refractivity contribution in [1.82, 2.24) is 24.9 Å². The zero-order valence-corrected chi connectivity index (χ0v) is 13.5. The lowest BCUT2D eigenvalue weighted by atomic mass is 10.3. The maximum absolute atomic E-state index is 12.2. The van der Waals surface area contributed by atoms with Crippen LogP contribution in [0.25, 0.3) is 0 Å². The van der Waals surface area contributed by atoms with Crippen molar-refractivity contribution in [2.75, 3.05) is 0 Å². The second-order valence-corrected chi connectivity index (χ2v) is 5.36. The highest BCUT2D eigenvalue weighted by molar-refractivity contribution is 6.31. The number of halogens is 1. The molecule has 114 valence electrons. The summed E-state index contributed by atoms with van der Waals surface area (Å²) in [5.41, 5.74) is 2.37. The molecule has 2 aromatic rings. The molecule has 0 aliphatic heterocycles. The van der Waals surface area contributed by atoms with E-state index in [1.165, 1.54) is 0 Å². The molecule has 0 aromatic carbocycles. The zero-order valence-electron chi connectivity index (χ0n) is 12.7. The summed E-state index contributed by atoms with van der Waals surface area (Å²) in [6.07, 6.45) is 1.89. The van der Waals surface area contributed by atoms with Crippen LogP contribution in [-0.2, 0) is 17.9 Å². The summed E-state index contributed by atoms with van der Waals surface area (Å²) in [4.78, 5) is 12.2. The molecule has 2 aromatic heterocycles. The van der Waals surface area contributed by atoms with E-state index in [1.54, 1.807) is 11.6 Å². The molecular formula is C14H20ClN5O. The van der Waals surface area contributed by atoms with Crippen molar-refractivity contribution in [2.45, 2.75) is 46.8 Å². The molecule has 0 bridgehead atoms. The number of aryl methyl sites for hydroxylation is 2. The number of carbonyl (C=O) groups is 1. The van der Waals surface area contributed by atoms with Gasteiger partial charge in [-0.2, -0.15) is 10.2 Å². The second-order valence-electron chi connectivity index (χ2n) is 4.99. The maximum Gasteiger partial charge on any atom is 0.244 e. The molecule has 2 heterocycles. The highest BCUT2D eigenvalue weighted by Gasteiger charge is 2.20. The number of hydrogen-bond donors (Lipinski definition) is 1. The maximum atomic E-state index is 12.2. The number of hydrogen-bond acceptors (Lipinski definition) is 3. The lowest BCUT2D eigenvalue weighted by molar-refractivity contribution is -0.124. The molecule has 1 unspecified atom stereocenters. The van der Waals surface area contributed by atoms with Crippen LogP contribution in [0.1, 0.15) is 37.0 Å². The Hall–Kier alpha value is -1.82. The van der Waals surface area contributed by atoms with Crippen molar-refractivity contribution in [1.29, 1.82) is 0 Å². The topological polar surface area (TPSA) is 64.7 Å². The normalized spacial score (nSPS) is 12.4. The van der Waals surface area contributed by atoms with Gasteiger partial charge in [-0.05, 0) is 33.8 Å². The first-order chi connectivity index (χ1) is 9.93. The van der Waals surface area contributed by atoms with Gasteiger partial charge in [0.05, 0.1) is 28.6 Å². The fourth-order valence-electron chi connectivity index (χ4n) is 2.13. The molecule has 1 atom stereocenters. The first-order valence-electron chi connectivity index (χ1n) is 6.95. The molecule has 7 heteroatoms. The lowest BCUT2D eigenvalue weighted by Crippen LogP contribution is -2.31. The van der Waals surface area contributed by atoms with Gasteiger partial charge in [0.25, 0.3) is 0 Å². The molecule has 0 spiro atoms. The Morgan fingerprint density at radius 3 is 2.67 bits per heavy atom. The van der Waals surface area contributed by atoms with E-state index in [1.807, 2.05) is 37.7 Å². The van der Waals surface area contributed by atoms with E-state index in [0.29, 0.717) is 11.6 Å². The van der Waals surface area contributed by atoms with Gasteiger partial charge in [0, 0.05) is 12.7 Å². The Balaban J connectivity index is 2.00. The minimum absolute atomic E-state index is 0.108. The zero-order chi connectivity index (χ0) is 15.6. The second kappa shape index (κ2) is 6.30. The minimum atomic E-state index is -0.413. The number of nitrogens with zero attached hydrogens (tertiary/aromatic N) is 4. The highest BCUT2D eigenvalue weighted by Crippen LogP contribution is 2.22. The van der Waals surface area contributed by atoms with Crippen LogP contribution in [0, 0.1) is 13.8 Å². The Morgan fingerprint density at radius 2 is 2.14 bits per heavy atom. The van der Waals surface area contributed by atoms with Crippen LogP contribution in [0.4, 0.5) is 0 Å². The van der Waals surface area contributed by atoms with Crippen LogP contribution in [0.3, 0.4) is 0 Å². The monoisotopic (exact) mass is 309 g/mol. The molecule has 0 aliphatic rings. The summed E-state index contributed by atoms with van der Waals surface area (Å²) in [5.74, 6) is -0.108. The van der Waals surface area contributed by atoms with Gasteiger partial charge in [-0.3, -0.25) is 14.2 Å². The fourth-order valence-corrected chi connectivity index (χ4v) is 2.25. The SMILES string of the molecule is CCn1ccc(CNC(=O)C(C)n2nc(C)c(Cl)c2C)n1. The van der Waals surface area contributed by atoms with Gasteiger partial charge in [0.15, 0.2) is 0 Å². The van der Waals surface area contributed by atoms with Crippen molar-refractivity contribution < 1.29 is 4.79 Å². The predicted molar refractivity (Wildman–Crippen MR) is 81.2 cm³/mol. The molecule has 21 heavy (non-hydrogen) atoms. The van der Waals surface area contributed by atoms with E-state index in [9.17, 15) is 4.79 Å². The van der Waals surface area contributed by atoms with Crippen molar-refractivity contribution in [3.05, 3.63) is 34.4 Å². The Labute approximate surface area is 129 Å². The number of rotatable bonds is 5. The molecule has 0 aliphatic carbocycles. The molecule has 0 fully saturated rings. The molecule has 1 amide bonds. The van der Waals surface area contributed by atoms with Crippen molar-refractivity contribution in [3.8, 4) is 0 Å². The van der Waals surface area contributed by atoms with Crippen LogP contribution >= 0.6 is 11.6 Å². The lowest BCUT2D eigenvalue weighted by Gasteiger charge is -2.14. The molecule has 6 nitrogen and oxygen atoms in total. The van der Waals surface area contributed by atoms with Crippen molar-refractivity contribution in [2.24, 2.45) is 0 Å². The van der Waals surface area contributed by atoms with Gasteiger partial charge >= 0.3 is 0 Å². The summed E-state index contributed by atoms with van der Waals surface area (Å²) in [5, 5.41) is 12.1. The van der Waals surface area contributed by atoms with Gasteiger partial charge in [-0.1, -0.05) is 11.6 Å². The average Bonchev–Trinajstić information content (AvgIpc) is 3.04. The van der Waals surface area contributed by atoms with E-state index < -0.39 is 6.04 Å².